The van der Waals surface area contributed by atoms with Gasteiger partial charge in [0.1, 0.15) is 12.7 Å². The number of carbonyl (C=O) groups is 1. The zero-order valence-corrected chi connectivity index (χ0v) is 10.3. The lowest BCUT2D eigenvalue weighted by Gasteiger charge is -2.16. The van der Waals surface area contributed by atoms with E-state index in [-0.39, 0.29) is 18.4 Å². The Hall–Kier alpha value is -2.21. The molecule has 1 unspecified atom stereocenters. The number of nitrogens with zero attached hydrogens (tertiary/aromatic N) is 4. The highest BCUT2D eigenvalue weighted by atomic mass is 16.3. The second-order valence-electron chi connectivity index (χ2n) is 4.61. The molecule has 6 heteroatoms. The highest BCUT2D eigenvalue weighted by Gasteiger charge is 2.29. The number of hydrogen-bond acceptors (Lipinski definition) is 4. The Kier molecular flexibility index (Phi) is 3.00. The van der Waals surface area contributed by atoms with Gasteiger partial charge in [0.15, 0.2) is 0 Å². The summed E-state index contributed by atoms with van der Waals surface area (Å²) in [4.78, 5) is 17.5. The van der Waals surface area contributed by atoms with Gasteiger partial charge in [-0.25, -0.2) is 9.67 Å². The number of aliphatic hydroxyl groups is 1. The number of amides is 1. The molecule has 0 bridgehead atoms. The van der Waals surface area contributed by atoms with Crippen LogP contribution in [0.2, 0.25) is 0 Å². The first-order valence-electron chi connectivity index (χ1n) is 6.14. The third kappa shape index (κ3) is 2.22. The Morgan fingerprint density at radius 1 is 1.26 bits per heavy atom. The number of benzene rings is 1. The SMILES string of the molecule is O=C1CC(CO)CN1c1ccc(-n2cncn2)cc1. The van der Waals surface area contributed by atoms with Gasteiger partial charge in [-0.15, -0.1) is 0 Å². The van der Waals surface area contributed by atoms with Crippen LogP contribution in [0.3, 0.4) is 0 Å². The van der Waals surface area contributed by atoms with E-state index in [9.17, 15) is 4.79 Å². The first kappa shape index (κ1) is 11.9. The van der Waals surface area contributed by atoms with Gasteiger partial charge in [-0.2, -0.15) is 5.10 Å². The predicted molar refractivity (Wildman–Crippen MR) is 68.9 cm³/mol. The van der Waals surface area contributed by atoms with Gasteiger partial charge in [0, 0.05) is 31.2 Å². The summed E-state index contributed by atoms with van der Waals surface area (Å²) >= 11 is 0. The van der Waals surface area contributed by atoms with Crippen LogP contribution in [0.1, 0.15) is 6.42 Å². The van der Waals surface area contributed by atoms with Crippen molar-refractivity contribution in [1.29, 1.82) is 0 Å². The Morgan fingerprint density at radius 3 is 2.58 bits per heavy atom. The number of aromatic nitrogens is 3. The van der Waals surface area contributed by atoms with Crippen molar-refractivity contribution in [1.82, 2.24) is 14.8 Å². The quantitative estimate of drug-likeness (QED) is 0.875. The fourth-order valence-electron chi connectivity index (χ4n) is 2.28. The average molecular weight is 258 g/mol. The molecule has 0 aliphatic carbocycles. The van der Waals surface area contributed by atoms with E-state index in [2.05, 4.69) is 10.1 Å². The summed E-state index contributed by atoms with van der Waals surface area (Å²) < 4.78 is 1.66. The molecule has 1 aliphatic heterocycles. The van der Waals surface area contributed by atoms with Gasteiger partial charge in [-0.05, 0) is 24.3 Å². The third-order valence-electron chi connectivity index (χ3n) is 3.31. The maximum Gasteiger partial charge on any atom is 0.227 e. The van der Waals surface area contributed by atoms with E-state index in [4.69, 9.17) is 5.11 Å². The Balaban J connectivity index is 1.81. The Morgan fingerprint density at radius 2 is 2.00 bits per heavy atom. The van der Waals surface area contributed by atoms with E-state index in [0.29, 0.717) is 13.0 Å². The summed E-state index contributed by atoms with van der Waals surface area (Å²) in [5.74, 6) is 0.107. The molecule has 19 heavy (non-hydrogen) atoms. The normalized spacial score (nSPS) is 19.1. The van der Waals surface area contributed by atoms with Crippen LogP contribution in [0.15, 0.2) is 36.9 Å². The molecule has 1 atom stereocenters. The van der Waals surface area contributed by atoms with E-state index in [1.54, 1.807) is 15.9 Å². The van der Waals surface area contributed by atoms with Gasteiger partial charge in [-0.3, -0.25) is 4.79 Å². The van der Waals surface area contributed by atoms with Crippen molar-refractivity contribution >= 4 is 11.6 Å². The molecule has 1 amide bonds. The van der Waals surface area contributed by atoms with E-state index in [1.807, 2.05) is 24.3 Å². The van der Waals surface area contributed by atoms with Crippen LogP contribution < -0.4 is 4.90 Å². The van der Waals surface area contributed by atoms with Crippen molar-refractivity contribution < 1.29 is 9.90 Å². The molecule has 3 rings (SSSR count). The number of rotatable bonds is 3. The van der Waals surface area contributed by atoms with Crippen molar-refractivity contribution in [2.45, 2.75) is 6.42 Å². The zero-order chi connectivity index (χ0) is 13.2. The van der Waals surface area contributed by atoms with Crippen LogP contribution >= 0.6 is 0 Å². The molecule has 2 heterocycles. The van der Waals surface area contributed by atoms with Crippen LogP contribution in [0, 0.1) is 5.92 Å². The van der Waals surface area contributed by atoms with Gasteiger partial charge in [0.05, 0.1) is 5.69 Å². The second kappa shape index (κ2) is 4.81. The molecule has 1 aliphatic rings. The molecule has 1 saturated heterocycles. The van der Waals surface area contributed by atoms with Gasteiger partial charge in [-0.1, -0.05) is 0 Å². The molecule has 1 N–H and O–H groups in total. The van der Waals surface area contributed by atoms with E-state index in [0.717, 1.165) is 11.4 Å². The highest BCUT2D eigenvalue weighted by Crippen LogP contribution is 2.25. The minimum atomic E-state index is 0.0440. The lowest BCUT2D eigenvalue weighted by atomic mass is 10.1. The molecular formula is C13H14N4O2. The van der Waals surface area contributed by atoms with Crippen molar-refractivity contribution in [3.05, 3.63) is 36.9 Å². The second-order valence-corrected chi connectivity index (χ2v) is 4.61. The van der Waals surface area contributed by atoms with Crippen LogP contribution in [0.4, 0.5) is 5.69 Å². The number of anilines is 1. The first-order chi connectivity index (χ1) is 9.28. The predicted octanol–water partition coefficient (Wildman–Crippen LogP) is 0.613. The van der Waals surface area contributed by atoms with Crippen molar-refractivity contribution in [2.75, 3.05) is 18.1 Å². The summed E-state index contributed by atoms with van der Waals surface area (Å²) in [5, 5.41) is 13.2. The van der Waals surface area contributed by atoms with E-state index >= 15 is 0 Å². The molecule has 1 fully saturated rings. The lowest BCUT2D eigenvalue weighted by Crippen LogP contribution is -2.24. The van der Waals surface area contributed by atoms with Crippen molar-refractivity contribution in [3.8, 4) is 5.69 Å². The smallest absolute Gasteiger partial charge is 0.227 e. The molecule has 2 aromatic rings. The minimum Gasteiger partial charge on any atom is -0.396 e. The average Bonchev–Trinajstić information content (AvgIpc) is 3.08. The fraction of sp³-hybridized carbons (Fsp3) is 0.308. The molecule has 6 nitrogen and oxygen atoms in total. The van der Waals surface area contributed by atoms with Crippen LogP contribution in [0.5, 0.6) is 0 Å². The largest absolute Gasteiger partial charge is 0.396 e. The van der Waals surface area contributed by atoms with Crippen molar-refractivity contribution in [2.24, 2.45) is 5.92 Å². The maximum absolute atomic E-state index is 11.8. The highest BCUT2D eigenvalue weighted by molar-refractivity contribution is 5.95. The van der Waals surface area contributed by atoms with Gasteiger partial charge < -0.3 is 10.0 Å². The molecule has 0 radical (unpaired) electrons. The summed E-state index contributed by atoms with van der Waals surface area (Å²) in [6.07, 6.45) is 3.52. The molecule has 1 aromatic heterocycles. The first-order valence-corrected chi connectivity index (χ1v) is 6.14. The maximum atomic E-state index is 11.8. The van der Waals surface area contributed by atoms with Crippen molar-refractivity contribution in [3.63, 3.8) is 0 Å². The van der Waals surface area contributed by atoms with Crippen LogP contribution in [-0.4, -0.2) is 38.9 Å². The molecule has 0 saturated carbocycles. The van der Waals surface area contributed by atoms with Crippen LogP contribution in [0.25, 0.3) is 5.69 Å². The summed E-state index contributed by atoms with van der Waals surface area (Å²) in [6.45, 7) is 0.636. The number of hydrogen-bond donors (Lipinski definition) is 1. The topological polar surface area (TPSA) is 71.2 Å². The Bertz CT molecular complexity index is 565. The zero-order valence-electron chi connectivity index (χ0n) is 10.3. The van der Waals surface area contributed by atoms with Gasteiger partial charge in [0.25, 0.3) is 0 Å². The third-order valence-corrected chi connectivity index (χ3v) is 3.31. The fourth-order valence-corrected chi connectivity index (χ4v) is 2.28. The standard InChI is InChI=1S/C13H14N4O2/c18-7-10-5-13(19)16(6-10)11-1-3-12(4-2-11)17-9-14-8-15-17/h1-4,8-10,18H,5-7H2. The molecule has 1 aromatic carbocycles. The summed E-state index contributed by atoms with van der Waals surface area (Å²) in [5.41, 5.74) is 1.75. The minimum absolute atomic E-state index is 0.0440. The van der Waals surface area contributed by atoms with Crippen LogP contribution in [-0.2, 0) is 4.79 Å². The van der Waals surface area contributed by atoms with E-state index in [1.165, 1.54) is 6.33 Å². The van der Waals surface area contributed by atoms with Gasteiger partial charge >= 0.3 is 0 Å². The monoisotopic (exact) mass is 258 g/mol. The molecular weight excluding hydrogens is 244 g/mol. The lowest BCUT2D eigenvalue weighted by molar-refractivity contribution is -0.117. The Labute approximate surface area is 110 Å². The molecule has 98 valence electrons. The number of aliphatic hydroxyl groups excluding tert-OH is 1. The summed E-state index contributed by atoms with van der Waals surface area (Å²) in [7, 11) is 0. The molecule has 0 spiro atoms. The number of carbonyl (C=O) groups excluding carboxylic acids is 1. The summed E-state index contributed by atoms with van der Waals surface area (Å²) in [6, 6.07) is 7.55. The van der Waals surface area contributed by atoms with Gasteiger partial charge in [0.2, 0.25) is 5.91 Å². The van der Waals surface area contributed by atoms with E-state index < -0.39 is 0 Å².